The van der Waals surface area contributed by atoms with Gasteiger partial charge in [0.1, 0.15) is 0 Å². The molecule has 3 nitrogen and oxygen atoms in total. The van der Waals surface area contributed by atoms with Crippen LogP contribution in [0.15, 0.2) is 59.5 Å². The van der Waals surface area contributed by atoms with E-state index in [0.717, 1.165) is 18.8 Å². The zero-order valence-corrected chi connectivity index (χ0v) is 15.0. The Morgan fingerprint density at radius 3 is 2.33 bits per heavy atom. The van der Waals surface area contributed by atoms with Gasteiger partial charge in [0.15, 0.2) is 0 Å². The van der Waals surface area contributed by atoms with E-state index in [0.29, 0.717) is 11.2 Å². The summed E-state index contributed by atoms with van der Waals surface area (Å²) in [6.07, 6.45) is 0. The molecule has 2 aromatic carbocycles. The van der Waals surface area contributed by atoms with E-state index >= 15 is 0 Å². The number of hydrogen-bond acceptors (Lipinski definition) is 3. The van der Waals surface area contributed by atoms with E-state index in [1.54, 1.807) is 0 Å². The number of carbonyl (C=O) groups excluding carboxylic acids is 1. The minimum atomic E-state index is 0.0542. The molecule has 4 heteroatoms. The Bertz CT molecular complexity index is 668. The number of hydrogen-bond donors (Lipinski definition) is 2. The first kappa shape index (κ1) is 17.1. The monoisotopic (exact) mass is 340 g/mol. The maximum absolute atomic E-state index is 12.3. The van der Waals surface area contributed by atoms with Crippen LogP contribution in [0.4, 0.5) is 5.69 Å². The molecule has 1 heterocycles. The summed E-state index contributed by atoms with van der Waals surface area (Å²) in [5.41, 5.74) is 2.14. The Morgan fingerprint density at radius 2 is 1.75 bits per heavy atom. The Morgan fingerprint density at radius 1 is 1.08 bits per heavy atom. The third kappa shape index (κ3) is 4.19. The summed E-state index contributed by atoms with van der Waals surface area (Å²) in [7, 11) is 0. The van der Waals surface area contributed by atoms with Crippen molar-refractivity contribution in [2.45, 2.75) is 24.0 Å². The number of thioether (sulfide) groups is 1. The van der Waals surface area contributed by atoms with Crippen molar-refractivity contribution >= 4 is 23.4 Å². The standard InChI is InChI=1S/C20H24N2OS/c1-14(17-12-21-13-17)20(23)22-18-10-8-16(9-11-18)15(2)24-19-6-4-3-5-7-19/h3-11,14-15,17,21H,12-13H2,1-2H3,(H,22,23). The Labute approximate surface area is 148 Å². The second kappa shape index (κ2) is 7.86. The fourth-order valence-corrected chi connectivity index (χ4v) is 3.76. The molecule has 0 aliphatic carbocycles. The normalized spacial score (nSPS) is 16.9. The smallest absolute Gasteiger partial charge is 0.227 e. The van der Waals surface area contributed by atoms with Gasteiger partial charge >= 0.3 is 0 Å². The predicted octanol–water partition coefficient (Wildman–Crippen LogP) is 4.33. The first-order chi connectivity index (χ1) is 11.6. The van der Waals surface area contributed by atoms with E-state index in [1.807, 2.05) is 36.9 Å². The van der Waals surface area contributed by atoms with E-state index in [-0.39, 0.29) is 11.8 Å². The van der Waals surface area contributed by atoms with Crippen LogP contribution in [0.25, 0.3) is 0 Å². The Kier molecular flexibility index (Phi) is 5.59. The Hall–Kier alpha value is -1.78. The van der Waals surface area contributed by atoms with Crippen LogP contribution in [-0.4, -0.2) is 19.0 Å². The van der Waals surface area contributed by atoms with Gasteiger partial charge < -0.3 is 10.6 Å². The lowest BCUT2D eigenvalue weighted by molar-refractivity contribution is -0.121. The highest BCUT2D eigenvalue weighted by Gasteiger charge is 2.28. The molecule has 1 amide bonds. The third-order valence-corrected chi connectivity index (χ3v) is 5.81. The first-order valence-electron chi connectivity index (χ1n) is 8.46. The van der Waals surface area contributed by atoms with Crippen LogP contribution >= 0.6 is 11.8 Å². The molecule has 3 rings (SSSR count). The van der Waals surface area contributed by atoms with Crippen LogP contribution < -0.4 is 10.6 Å². The molecule has 1 fully saturated rings. The molecule has 0 aromatic heterocycles. The van der Waals surface area contributed by atoms with Gasteiger partial charge in [-0.1, -0.05) is 37.3 Å². The summed E-state index contributed by atoms with van der Waals surface area (Å²) in [6, 6.07) is 18.6. The summed E-state index contributed by atoms with van der Waals surface area (Å²) in [4.78, 5) is 13.5. The van der Waals surface area contributed by atoms with E-state index < -0.39 is 0 Å². The summed E-state index contributed by atoms with van der Waals surface area (Å²) in [5.74, 6) is 0.631. The largest absolute Gasteiger partial charge is 0.326 e. The number of nitrogens with one attached hydrogen (secondary N) is 2. The van der Waals surface area contributed by atoms with Crippen LogP contribution in [-0.2, 0) is 4.79 Å². The average Bonchev–Trinajstić information content (AvgIpc) is 2.54. The molecule has 1 aliphatic rings. The van der Waals surface area contributed by atoms with Gasteiger partial charge in [-0.15, -0.1) is 11.8 Å². The molecule has 126 valence electrons. The third-order valence-electron chi connectivity index (χ3n) is 4.64. The topological polar surface area (TPSA) is 41.1 Å². The quantitative estimate of drug-likeness (QED) is 0.769. The molecule has 24 heavy (non-hydrogen) atoms. The lowest BCUT2D eigenvalue weighted by Crippen LogP contribution is -2.48. The number of amides is 1. The molecule has 0 bridgehead atoms. The predicted molar refractivity (Wildman–Crippen MR) is 101 cm³/mol. The fourth-order valence-electron chi connectivity index (χ4n) is 2.74. The van der Waals surface area contributed by atoms with E-state index in [9.17, 15) is 4.79 Å². The Balaban J connectivity index is 1.57. The van der Waals surface area contributed by atoms with Crippen molar-refractivity contribution in [1.29, 1.82) is 0 Å². The van der Waals surface area contributed by atoms with Gasteiger partial charge in [-0.25, -0.2) is 0 Å². The van der Waals surface area contributed by atoms with Gasteiger partial charge in [0.25, 0.3) is 0 Å². The highest BCUT2D eigenvalue weighted by molar-refractivity contribution is 7.99. The van der Waals surface area contributed by atoms with Gasteiger partial charge in [0, 0.05) is 21.8 Å². The zero-order valence-electron chi connectivity index (χ0n) is 14.2. The van der Waals surface area contributed by atoms with Crippen LogP contribution in [0.2, 0.25) is 0 Å². The molecule has 0 radical (unpaired) electrons. The first-order valence-corrected chi connectivity index (χ1v) is 9.34. The molecule has 2 atom stereocenters. The summed E-state index contributed by atoms with van der Waals surface area (Å²) in [5, 5.41) is 6.62. The van der Waals surface area contributed by atoms with Crippen molar-refractivity contribution in [3.63, 3.8) is 0 Å². The van der Waals surface area contributed by atoms with Gasteiger partial charge in [-0.3, -0.25) is 4.79 Å². The summed E-state index contributed by atoms with van der Waals surface area (Å²) >= 11 is 1.84. The second-order valence-electron chi connectivity index (χ2n) is 6.39. The van der Waals surface area contributed by atoms with Crippen molar-refractivity contribution in [2.75, 3.05) is 18.4 Å². The maximum atomic E-state index is 12.3. The molecule has 1 aliphatic heterocycles. The van der Waals surface area contributed by atoms with Gasteiger partial charge in [0.2, 0.25) is 5.91 Å². The van der Waals surface area contributed by atoms with Crippen LogP contribution in [0, 0.1) is 11.8 Å². The van der Waals surface area contributed by atoms with Crippen molar-refractivity contribution in [1.82, 2.24) is 5.32 Å². The van der Waals surface area contributed by atoms with Crippen molar-refractivity contribution < 1.29 is 4.79 Å². The molecule has 2 aromatic rings. The highest BCUT2D eigenvalue weighted by Crippen LogP contribution is 2.34. The van der Waals surface area contributed by atoms with Crippen molar-refractivity contribution in [3.8, 4) is 0 Å². The minimum Gasteiger partial charge on any atom is -0.326 e. The molecule has 0 saturated carbocycles. The van der Waals surface area contributed by atoms with Crippen LogP contribution in [0.5, 0.6) is 0 Å². The van der Waals surface area contributed by atoms with Crippen molar-refractivity contribution in [2.24, 2.45) is 11.8 Å². The molecule has 2 unspecified atom stereocenters. The average molecular weight is 340 g/mol. The van der Waals surface area contributed by atoms with Gasteiger partial charge in [-0.2, -0.15) is 0 Å². The van der Waals surface area contributed by atoms with Crippen molar-refractivity contribution in [3.05, 3.63) is 60.2 Å². The zero-order chi connectivity index (χ0) is 16.9. The van der Waals surface area contributed by atoms with E-state index in [4.69, 9.17) is 0 Å². The minimum absolute atomic E-state index is 0.0542. The number of benzene rings is 2. The van der Waals surface area contributed by atoms with Gasteiger partial charge in [0.05, 0.1) is 0 Å². The molecule has 0 spiro atoms. The molecule has 1 saturated heterocycles. The number of anilines is 1. The molecular weight excluding hydrogens is 316 g/mol. The van der Waals surface area contributed by atoms with E-state index in [2.05, 4.69) is 54.0 Å². The lowest BCUT2D eigenvalue weighted by atomic mass is 9.88. The molecule has 2 N–H and O–H groups in total. The van der Waals surface area contributed by atoms with Crippen LogP contribution in [0.3, 0.4) is 0 Å². The number of rotatable bonds is 6. The highest BCUT2D eigenvalue weighted by atomic mass is 32.2. The van der Waals surface area contributed by atoms with Gasteiger partial charge in [-0.05, 0) is 55.8 Å². The fraction of sp³-hybridized carbons (Fsp3) is 0.350. The van der Waals surface area contributed by atoms with E-state index in [1.165, 1.54) is 10.5 Å². The SMILES string of the molecule is CC(Sc1ccccc1)c1ccc(NC(=O)C(C)C2CNC2)cc1. The lowest BCUT2D eigenvalue weighted by Gasteiger charge is -2.31. The maximum Gasteiger partial charge on any atom is 0.227 e. The second-order valence-corrected chi connectivity index (χ2v) is 7.81. The number of carbonyl (C=O) groups is 1. The molecular formula is C20H24N2OS. The summed E-state index contributed by atoms with van der Waals surface area (Å²) in [6.45, 7) is 6.11. The summed E-state index contributed by atoms with van der Waals surface area (Å²) < 4.78 is 0. The van der Waals surface area contributed by atoms with Crippen LogP contribution in [0.1, 0.15) is 24.7 Å².